The average molecular weight is 227 g/mol. The van der Waals surface area contributed by atoms with Crippen LogP contribution in [0, 0.1) is 0 Å². The van der Waals surface area contributed by atoms with Crippen LogP contribution in [0.3, 0.4) is 0 Å². The van der Waals surface area contributed by atoms with E-state index >= 15 is 0 Å². The number of carbonyl (C=O) groups excluding carboxylic acids is 1. The summed E-state index contributed by atoms with van der Waals surface area (Å²) < 4.78 is 5.30. The molecule has 16 heavy (non-hydrogen) atoms. The molecule has 0 bridgehead atoms. The SMILES string of the molecule is CC1CNC(C(=O)N(C)C2CCOC2)CN1. The van der Waals surface area contributed by atoms with Crippen molar-refractivity contribution in [1.29, 1.82) is 0 Å². The van der Waals surface area contributed by atoms with E-state index in [9.17, 15) is 4.79 Å². The number of likely N-dealkylation sites (N-methyl/N-ethyl adjacent to an activating group) is 1. The van der Waals surface area contributed by atoms with Crippen LogP contribution in [0.15, 0.2) is 0 Å². The highest BCUT2D eigenvalue weighted by Gasteiger charge is 2.30. The molecule has 2 rings (SSSR count). The van der Waals surface area contributed by atoms with Crippen molar-refractivity contribution in [2.24, 2.45) is 0 Å². The largest absolute Gasteiger partial charge is 0.379 e. The van der Waals surface area contributed by atoms with Gasteiger partial charge in [0.15, 0.2) is 0 Å². The van der Waals surface area contributed by atoms with Crippen molar-refractivity contribution in [2.75, 3.05) is 33.4 Å². The maximum absolute atomic E-state index is 12.2. The van der Waals surface area contributed by atoms with Gasteiger partial charge < -0.3 is 20.3 Å². The predicted molar refractivity (Wildman–Crippen MR) is 61.2 cm³/mol. The Morgan fingerprint density at radius 1 is 1.38 bits per heavy atom. The Hall–Kier alpha value is -0.650. The molecular weight excluding hydrogens is 206 g/mol. The van der Waals surface area contributed by atoms with Gasteiger partial charge in [-0.2, -0.15) is 0 Å². The Labute approximate surface area is 96.5 Å². The zero-order chi connectivity index (χ0) is 11.5. The summed E-state index contributed by atoms with van der Waals surface area (Å²) in [7, 11) is 1.88. The van der Waals surface area contributed by atoms with Crippen LogP contribution >= 0.6 is 0 Å². The van der Waals surface area contributed by atoms with Gasteiger partial charge in [0, 0.05) is 32.8 Å². The summed E-state index contributed by atoms with van der Waals surface area (Å²) in [5.41, 5.74) is 0. The summed E-state index contributed by atoms with van der Waals surface area (Å²) in [6.45, 7) is 5.14. The fourth-order valence-corrected chi connectivity index (χ4v) is 2.21. The van der Waals surface area contributed by atoms with Gasteiger partial charge in [0.25, 0.3) is 0 Å². The highest BCUT2D eigenvalue weighted by molar-refractivity contribution is 5.82. The van der Waals surface area contributed by atoms with Crippen molar-refractivity contribution in [1.82, 2.24) is 15.5 Å². The first kappa shape index (κ1) is 11.8. The molecule has 2 N–H and O–H groups in total. The van der Waals surface area contributed by atoms with E-state index in [-0.39, 0.29) is 18.0 Å². The van der Waals surface area contributed by atoms with Crippen LogP contribution in [0.1, 0.15) is 13.3 Å². The molecule has 0 radical (unpaired) electrons. The van der Waals surface area contributed by atoms with E-state index in [1.807, 2.05) is 11.9 Å². The number of nitrogens with zero attached hydrogens (tertiary/aromatic N) is 1. The number of amides is 1. The lowest BCUT2D eigenvalue weighted by molar-refractivity contribution is -0.134. The fraction of sp³-hybridized carbons (Fsp3) is 0.909. The standard InChI is InChI=1S/C11H21N3O2/c1-8-5-13-10(6-12-8)11(15)14(2)9-3-4-16-7-9/h8-10,12-13H,3-7H2,1-2H3. The molecule has 0 aromatic rings. The van der Waals surface area contributed by atoms with Gasteiger partial charge in [-0.25, -0.2) is 0 Å². The van der Waals surface area contributed by atoms with E-state index in [0.29, 0.717) is 12.6 Å². The molecule has 3 unspecified atom stereocenters. The molecule has 92 valence electrons. The molecule has 2 aliphatic rings. The summed E-state index contributed by atoms with van der Waals surface area (Å²) in [6, 6.07) is 0.625. The molecule has 2 heterocycles. The highest BCUT2D eigenvalue weighted by atomic mass is 16.5. The Morgan fingerprint density at radius 3 is 2.75 bits per heavy atom. The predicted octanol–water partition coefficient (Wildman–Crippen LogP) is -0.816. The zero-order valence-corrected chi connectivity index (χ0v) is 10.0. The quantitative estimate of drug-likeness (QED) is 0.647. The van der Waals surface area contributed by atoms with Crippen LogP contribution in [-0.2, 0) is 9.53 Å². The van der Waals surface area contributed by atoms with Crippen LogP contribution in [-0.4, -0.2) is 62.3 Å². The molecule has 2 saturated heterocycles. The minimum absolute atomic E-state index is 0.0817. The summed E-state index contributed by atoms with van der Waals surface area (Å²) in [5.74, 6) is 0.176. The Kier molecular flexibility index (Phi) is 3.78. The Balaban J connectivity index is 1.86. The first-order valence-electron chi connectivity index (χ1n) is 5.99. The van der Waals surface area contributed by atoms with E-state index in [1.165, 1.54) is 0 Å². The van der Waals surface area contributed by atoms with Crippen LogP contribution in [0.2, 0.25) is 0 Å². The van der Waals surface area contributed by atoms with Crippen molar-refractivity contribution >= 4 is 5.91 Å². The summed E-state index contributed by atoms with van der Waals surface area (Å²) in [6.07, 6.45) is 0.957. The second-order valence-corrected chi connectivity index (χ2v) is 4.74. The first-order valence-corrected chi connectivity index (χ1v) is 5.99. The first-order chi connectivity index (χ1) is 7.68. The van der Waals surface area contributed by atoms with E-state index in [0.717, 1.165) is 26.1 Å². The lowest BCUT2D eigenvalue weighted by atomic mass is 10.1. The summed E-state index contributed by atoms with van der Waals surface area (Å²) in [5, 5.41) is 6.60. The van der Waals surface area contributed by atoms with Gasteiger partial charge >= 0.3 is 0 Å². The number of rotatable bonds is 2. The van der Waals surface area contributed by atoms with E-state index < -0.39 is 0 Å². The molecule has 0 spiro atoms. The number of nitrogens with one attached hydrogen (secondary N) is 2. The maximum Gasteiger partial charge on any atom is 0.241 e. The number of carbonyl (C=O) groups is 1. The summed E-state index contributed by atoms with van der Waals surface area (Å²) in [4.78, 5) is 14.0. The van der Waals surface area contributed by atoms with Gasteiger partial charge in [-0.05, 0) is 13.3 Å². The molecular formula is C11H21N3O2. The second kappa shape index (κ2) is 5.12. The second-order valence-electron chi connectivity index (χ2n) is 4.74. The third-order valence-electron chi connectivity index (χ3n) is 3.44. The van der Waals surface area contributed by atoms with E-state index in [1.54, 1.807) is 0 Å². The number of ether oxygens (including phenoxy) is 1. The molecule has 1 amide bonds. The van der Waals surface area contributed by atoms with Crippen LogP contribution in [0.4, 0.5) is 0 Å². The third-order valence-corrected chi connectivity index (χ3v) is 3.44. The molecule has 2 aliphatic heterocycles. The molecule has 0 saturated carbocycles. The van der Waals surface area contributed by atoms with Crippen molar-refractivity contribution in [3.05, 3.63) is 0 Å². The molecule has 5 nitrogen and oxygen atoms in total. The van der Waals surface area contributed by atoms with Crippen LogP contribution in [0.25, 0.3) is 0 Å². The van der Waals surface area contributed by atoms with E-state index in [2.05, 4.69) is 17.6 Å². The molecule has 2 fully saturated rings. The minimum atomic E-state index is -0.0817. The average Bonchev–Trinajstić information content (AvgIpc) is 2.81. The Morgan fingerprint density at radius 2 is 2.19 bits per heavy atom. The van der Waals surface area contributed by atoms with Crippen molar-refractivity contribution in [2.45, 2.75) is 31.5 Å². The third kappa shape index (κ3) is 2.53. The molecule has 0 aromatic heterocycles. The summed E-state index contributed by atoms with van der Waals surface area (Å²) >= 11 is 0. The minimum Gasteiger partial charge on any atom is -0.379 e. The zero-order valence-electron chi connectivity index (χ0n) is 10.0. The lowest BCUT2D eigenvalue weighted by Crippen LogP contribution is -2.60. The van der Waals surface area contributed by atoms with Crippen molar-refractivity contribution in [3.63, 3.8) is 0 Å². The van der Waals surface area contributed by atoms with Gasteiger partial charge in [-0.1, -0.05) is 0 Å². The van der Waals surface area contributed by atoms with Gasteiger partial charge in [-0.3, -0.25) is 4.79 Å². The Bertz CT molecular complexity index is 246. The van der Waals surface area contributed by atoms with Crippen LogP contribution < -0.4 is 10.6 Å². The van der Waals surface area contributed by atoms with Crippen LogP contribution in [0.5, 0.6) is 0 Å². The normalized spacial score (nSPS) is 35.0. The lowest BCUT2D eigenvalue weighted by Gasteiger charge is -2.33. The van der Waals surface area contributed by atoms with Gasteiger partial charge in [0.05, 0.1) is 18.7 Å². The maximum atomic E-state index is 12.2. The number of hydrogen-bond donors (Lipinski definition) is 2. The van der Waals surface area contributed by atoms with Crippen molar-refractivity contribution < 1.29 is 9.53 Å². The van der Waals surface area contributed by atoms with Crippen molar-refractivity contribution in [3.8, 4) is 0 Å². The molecule has 5 heteroatoms. The van der Waals surface area contributed by atoms with E-state index in [4.69, 9.17) is 4.74 Å². The topological polar surface area (TPSA) is 53.6 Å². The van der Waals surface area contributed by atoms with Gasteiger partial charge in [0.1, 0.15) is 0 Å². The molecule has 0 aliphatic carbocycles. The van der Waals surface area contributed by atoms with Gasteiger partial charge in [0.2, 0.25) is 5.91 Å². The smallest absolute Gasteiger partial charge is 0.241 e. The molecule has 0 aromatic carbocycles. The highest BCUT2D eigenvalue weighted by Crippen LogP contribution is 2.12. The number of hydrogen-bond acceptors (Lipinski definition) is 4. The molecule has 3 atom stereocenters. The monoisotopic (exact) mass is 227 g/mol. The number of piperazine rings is 1. The van der Waals surface area contributed by atoms with Gasteiger partial charge in [-0.15, -0.1) is 0 Å². The fourth-order valence-electron chi connectivity index (χ4n) is 2.21.